The van der Waals surface area contributed by atoms with Crippen molar-refractivity contribution in [3.63, 3.8) is 0 Å². The van der Waals surface area contributed by atoms with Crippen LogP contribution in [0.25, 0.3) is 66.5 Å². The van der Waals surface area contributed by atoms with E-state index in [0.717, 1.165) is 60.8 Å². The molecule has 10 rings (SSSR count). The minimum absolute atomic E-state index is 0.0236. The largest absolute Gasteiger partial charge is 0.494 e. The van der Waals surface area contributed by atoms with Crippen LogP contribution in [0.5, 0.6) is 11.8 Å². The van der Waals surface area contributed by atoms with Crippen molar-refractivity contribution in [3.05, 3.63) is 133 Å². The van der Waals surface area contributed by atoms with E-state index in [1.165, 1.54) is 0 Å². The van der Waals surface area contributed by atoms with Crippen LogP contribution in [0.4, 0.5) is 11.4 Å². The van der Waals surface area contributed by atoms with Gasteiger partial charge in [0.15, 0.2) is 11.8 Å². The van der Waals surface area contributed by atoms with Gasteiger partial charge in [0.2, 0.25) is 0 Å². The van der Waals surface area contributed by atoms with E-state index in [1.54, 1.807) is 49.7 Å². The van der Waals surface area contributed by atoms with Crippen LogP contribution < -0.4 is 0 Å². The Morgan fingerprint density at radius 1 is 0.604 bits per heavy atom. The number of hydrogen-bond donors (Lipinski definition) is 5. The summed E-state index contributed by atoms with van der Waals surface area (Å²) in [6, 6.07) is 26.6. The van der Waals surface area contributed by atoms with Crippen LogP contribution in [0.2, 0.25) is 0 Å². The second-order valence-corrected chi connectivity index (χ2v) is 12.0. The predicted molar refractivity (Wildman–Crippen MR) is 203 cm³/mol. The van der Waals surface area contributed by atoms with Gasteiger partial charge in [-0.05, 0) is 78.9 Å². The summed E-state index contributed by atoms with van der Waals surface area (Å²) < 4.78 is 10.9. The lowest BCUT2D eigenvalue weighted by molar-refractivity contribution is 0.457. The van der Waals surface area contributed by atoms with Crippen molar-refractivity contribution >= 4 is 67.7 Å². The Kier molecular flexibility index (Phi) is 7.74. The number of aromatic amines is 3. The molecule has 8 heterocycles. The van der Waals surface area contributed by atoms with Gasteiger partial charge in [0.1, 0.15) is 22.8 Å². The molecular formula is C40H27N9O4. The summed E-state index contributed by atoms with van der Waals surface area (Å²) in [5.74, 6) is 1.48. The Morgan fingerprint density at radius 3 is 1.85 bits per heavy atom. The molecule has 53 heavy (non-hydrogen) atoms. The summed E-state index contributed by atoms with van der Waals surface area (Å²) in [7, 11) is 0. The van der Waals surface area contributed by atoms with Crippen molar-refractivity contribution < 1.29 is 19.0 Å². The van der Waals surface area contributed by atoms with Crippen LogP contribution in [0.3, 0.4) is 0 Å². The molecule has 0 unspecified atom stereocenters. The van der Waals surface area contributed by atoms with Gasteiger partial charge in [-0.25, -0.2) is 9.97 Å². The number of hydrogen-bond acceptors (Lipinski definition) is 10. The number of nitrogens with one attached hydrogen (secondary N) is 3. The number of H-pyrrole nitrogens is 3. The molecule has 0 aliphatic heterocycles. The van der Waals surface area contributed by atoms with Crippen molar-refractivity contribution in [1.29, 1.82) is 0 Å². The fraction of sp³-hybridized carbons (Fsp3) is 0. The average Bonchev–Trinajstić information content (AvgIpc) is 4.04. The first-order valence-electron chi connectivity index (χ1n) is 16.4. The molecule has 0 radical (unpaired) electrons. The highest BCUT2D eigenvalue weighted by atomic mass is 16.3. The Morgan fingerprint density at radius 2 is 1.23 bits per heavy atom. The third kappa shape index (κ3) is 6.14. The molecule has 0 aliphatic rings. The molecule has 2 aromatic carbocycles. The SMILES string of the molecule is Oc1[nH]c2ncc(-c3ccco3)cc2c1C=Nc1ccc2cn[nH]c2c1.Oc1[nH]c2ncc(-c3ccco3)cc2c1C=Nc1ccc2ncccc2c1. The maximum absolute atomic E-state index is 10.3. The van der Waals surface area contributed by atoms with Crippen LogP contribution in [-0.2, 0) is 0 Å². The molecule has 256 valence electrons. The number of aliphatic imine (C=N–C) groups is 2. The second kappa shape index (κ2) is 13.2. The van der Waals surface area contributed by atoms with Gasteiger partial charge in [-0.1, -0.05) is 6.07 Å². The van der Waals surface area contributed by atoms with E-state index in [0.29, 0.717) is 28.2 Å². The molecule has 0 saturated heterocycles. The van der Waals surface area contributed by atoms with Crippen molar-refractivity contribution in [3.8, 4) is 34.4 Å². The van der Waals surface area contributed by atoms with Crippen molar-refractivity contribution in [2.75, 3.05) is 0 Å². The Hall–Kier alpha value is -7.80. The van der Waals surface area contributed by atoms with Gasteiger partial charge < -0.3 is 29.0 Å². The molecule has 5 N–H and O–H groups in total. The number of nitrogens with zero attached hydrogens (tertiary/aromatic N) is 6. The molecule has 0 amide bonds. The van der Waals surface area contributed by atoms with E-state index >= 15 is 0 Å². The predicted octanol–water partition coefficient (Wildman–Crippen LogP) is 8.98. The fourth-order valence-electron chi connectivity index (χ4n) is 6.00. The van der Waals surface area contributed by atoms with E-state index in [-0.39, 0.29) is 11.8 Å². The summed E-state index contributed by atoms with van der Waals surface area (Å²) in [6.45, 7) is 0. The van der Waals surface area contributed by atoms with E-state index in [9.17, 15) is 10.2 Å². The zero-order chi connectivity index (χ0) is 35.7. The maximum atomic E-state index is 10.3. The van der Waals surface area contributed by atoms with Gasteiger partial charge in [0.25, 0.3) is 0 Å². The van der Waals surface area contributed by atoms with Crippen LogP contribution in [0.15, 0.2) is 141 Å². The quantitative estimate of drug-likeness (QED) is 0.106. The fourth-order valence-corrected chi connectivity index (χ4v) is 6.00. The molecule has 0 atom stereocenters. The molecule has 0 fully saturated rings. The van der Waals surface area contributed by atoms with Gasteiger partial charge in [0.05, 0.1) is 52.3 Å². The van der Waals surface area contributed by atoms with Crippen LogP contribution in [-0.4, -0.2) is 57.8 Å². The maximum Gasteiger partial charge on any atom is 0.199 e. The van der Waals surface area contributed by atoms with Gasteiger partial charge >= 0.3 is 0 Å². The number of aromatic hydroxyl groups is 2. The normalized spacial score (nSPS) is 11.8. The molecule has 10 aromatic rings. The topological polar surface area (TPSA) is 190 Å². The molecule has 13 nitrogen and oxygen atoms in total. The third-order valence-electron chi connectivity index (χ3n) is 8.65. The smallest absolute Gasteiger partial charge is 0.199 e. The molecule has 0 saturated carbocycles. The first-order chi connectivity index (χ1) is 26.1. The molecular weight excluding hydrogens is 670 g/mol. The minimum Gasteiger partial charge on any atom is -0.494 e. The Balaban J connectivity index is 0.000000141. The highest BCUT2D eigenvalue weighted by Crippen LogP contribution is 2.31. The first-order valence-corrected chi connectivity index (χ1v) is 16.4. The van der Waals surface area contributed by atoms with Crippen molar-refractivity contribution in [1.82, 2.24) is 35.1 Å². The van der Waals surface area contributed by atoms with E-state index in [2.05, 4.69) is 45.1 Å². The highest BCUT2D eigenvalue weighted by Gasteiger charge is 2.14. The standard InChI is InChI=1S/C21H14N4O2.C19H13N5O2/c26-21-17(12-23-15-5-6-18-13(9-15)3-1-7-22-18)16-10-14(11-24-20(16)25-21)19-4-2-8-27-19;25-19-15(10-20-13-4-3-11-9-22-24-16(11)7-13)14-6-12(8-21-18(14)23-19)17-2-1-5-26-17/h1-12,26H,(H,24,25);1-10,25H,(H,21,23)(H,22,24). The molecule has 0 spiro atoms. The summed E-state index contributed by atoms with van der Waals surface area (Å²) >= 11 is 0. The highest BCUT2D eigenvalue weighted by molar-refractivity contribution is 6.03. The van der Waals surface area contributed by atoms with Crippen molar-refractivity contribution in [2.24, 2.45) is 9.98 Å². The van der Waals surface area contributed by atoms with Crippen molar-refractivity contribution in [2.45, 2.75) is 0 Å². The summed E-state index contributed by atoms with van der Waals surface area (Å²) in [5, 5.41) is 31.0. The summed E-state index contributed by atoms with van der Waals surface area (Å²) in [6.07, 6.45) is 13.4. The van der Waals surface area contributed by atoms with Gasteiger partial charge in [0, 0.05) is 63.7 Å². The third-order valence-corrected chi connectivity index (χ3v) is 8.65. The van der Waals surface area contributed by atoms with E-state index < -0.39 is 0 Å². The lowest BCUT2D eigenvalue weighted by Gasteiger charge is -1.99. The summed E-state index contributed by atoms with van der Waals surface area (Å²) in [5.41, 5.74) is 7.35. The molecule has 0 bridgehead atoms. The number of rotatable bonds is 6. The van der Waals surface area contributed by atoms with Crippen LogP contribution in [0.1, 0.15) is 11.1 Å². The van der Waals surface area contributed by atoms with Crippen LogP contribution >= 0.6 is 0 Å². The number of pyridine rings is 3. The number of furan rings is 2. The minimum atomic E-state index is 0.0236. The van der Waals surface area contributed by atoms with Crippen LogP contribution in [0, 0.1) is 0 Å². The monoisotopic (exact) mass is 697 g/mol. The Labute approximate surface area is 299 Å². The Bertz CT molecular complexity index is 2940. The van der Waals surface area contributed by atoms with Gasteiger partial charge in [-0.2, -0.15) is 5.10 Å². The van der Waals surface area contributed by atoms with E-state index in [4.69, 9.17) is 8.83 Å². The molecule has 8 aromatic heterocycles. The first kappa shape index (κ1) is 31.2. The number of benzene rings is 2. The average molecular weight is 698 g/mol. The van der Waals surface area contributed by atoms with Gasteiger partial charge in [-0.15, -0.1) is 0 Å². The lowest BCUT2D eigenvalue weighted by Crippen LogP contribution is -1.83. The summed E-state index contributed by atoms with van der Waals surface area (Å²) in [4.78, 5) is 27.8. The lowest BCUT2D eigenvalue weighted by atomic mass is 10.1. The van der Waals surface area contributed by atoms with E-state index in [1.807, 2.05) is 84.9 Å². The number of aromatic nitrogens is 7. The number of fused-ring (bicyclic) bond motifs is 4. The molecule has 13 heteroatoms. The zero-order valence-electron chi connectivity index (χ0n) is 27.6. The molecule has 0 aliphatic carbocycles. The van der Waals surface area contributed by atoms with Gasteiger partial charge in [-0.3, -0.25) is 20.1 Å². The second-order valence-electron chi connectivity index (χ2n) is 12.0. The zero-order valence-corrected chi connectivity index (χ0v) is 27.6.